The van der Waals surface area contributed by atoms with Gasteiger partial charge in [0.1, 0.15) is 16.7 Å². The summed E-state index contributed by atoms with van der Waals surface area (Å²) in [6.45, 7) is 0. The van der Waals surface area contributed by atoms with Crippen molar-refractivity contribution >= 4 is 39.5 Å². The number of carbonyl (C=O) groups is 1. The van der Waals surface area contributed by atoms with Crippen LogP contribution in [0.15, 0.2) is 62.2 Å². The molecule has 2 aromatic heterocycles. The van der Waals surface area contributed by atoms with Gasteiger partial charge in [-0.25, -0.2) is 4.79 Å². The van der Waals surface area contributed by atoms with Gasteiger partial charge < -0.3 is 13.9 Å². The van der Waals surface area contributed by atoms with Crippen molar-refractivity contribution in [1.29, 1.82) is 0 Å². The summed E-state index contributed by atoms with van der Waals surface area (Å²) in [6, 6.07) is 13.8. The van der Waals surface area contributed by atoms with Crippen LogP contribution in [0.2, 0.25) is 5.02 Å². The highest BCUT2D eigenvalue weighted by molar-refractivity contribution is 6.30. The topological polar surface area (TPSA) is 80.6 Å². The van der Waals surface area contributed by atoms with E-state index < -0.39 is 11.6 Å². The number of carboxylic acids is 1. The normalized spacial score (nSPS) is 11.2. The van der Waals surface area contributed by atoms with Crippen molar-refractivity contribution in [2.24, 2.45) is 0 Å². The molecular weight excluding hydrogens is 344 g/mol. The monoisotopic (exact) mass is 354 g/mol. The third-order valence-corrected chi connectivity index (χ3v) is 4.23. The zero-order valence-electron chi connectivity index (χ0n) is 12.8. The zero-order chi connectivity index (χ0) is 17.6. The van der Waals surface area contributed by atoms with E-state index in [-0.39, 0.29) is 11.8 Å². The van der Waals surface area contributed by atoms with Crippen LogP contribution in [0.4, 0.5) is 0 Å². The van der Waals surface area contributed by atoms with Gasteiger partial charge in [0, 0.05) is 16.1 Å². The number of rotatable bonds is 3. The van der Waals surface area contributed by atoms with Gasteiger partial charge in [-0.3, -0.25) is 4.79 Å². The molecule has 0 saturated heterocycles. The maximum atomic E-state index is 12.5. The molecule has 0 amide bonds. The molecule has 4 aromatic rings. The molecular formula is C19H11ClO5. The number of benzene rings is 2. The van der Waals surface area contributed by atoms with Gasteiger partial charge in [-0.2, -0.15) is 0 Å². The van der Waals surface area contributed by atoms with Gasteiger partial charge in [-0.15, -0.1) is 0 Å². The predicted molar refractivity (Wildman–Crippen MR) is 94.0 cm³/mol. The minimum Gasteiger partial charge on any atom is -0.481 e. The molecule has 5 nitrogen and oxygen atoms in total. The molecule has 124 valence electrons. The minimum atomic E-state index is -1.06. The average Bonchev–Trinajstić information content (AvgIpc) is 2.95. The summed E-state index contributed by atoms with van der Waals surface area (Å²) in [5.41, 5.74) is 1.03. The molecule has 0 spiro atoms. The summed E-state index contributed by atoms with van der Waals surface area (Å²) in [5.74, 6) is -0.733. The predicted octanol–water partition coefficient (Wildman–Crippen LogP) is 4.49. The summed E-state index contributed by atoms with van der Waals surface area (Å²) in [6.07, 6.45) is -0.353. The Morgan fingerprint density at radius 3 is 2.48 bits per heavy atom. The third-order valence-electron chi connectivity index (χ3n) is 3.98. The van der Waals surface area contributed by atoms with Gasteiger partial charge in [0.2, 0.25) is 0 Å². The highest BCUT2D eigenvalue weighted by atomic mass is 35.5. The molecule has 0 unspecified atom stereocenters. The molecule has 6 heteroatoms. The van der Waals surface area contributed by atoms with Crippen molar-refractivity contribution in [2.75, 3.05) is 0 Å². The quantitative estimate of drug-likeness (QED) is 0.548. The standard InChI is InChI=1S/C19H11ClO5/c20-11-7-5-10(6-8-11)17-13(9-15(21)22)16-18(25-17)12-3-1-2-4-14(12)24-19(16)23/h1-8H,9H2,(H,21,22). The first-order valence-electron chi connectivity index (χ1n) is 7.49. The van der Waals surface area contributed by atoms with Crippen LogP contribution >= 0.6 is 11.6 Å². The third kappa shape index (κ3) is 2.58. The molecule has 0 aliphatic rings. The van der Waals surface area contributed by atoms with E-state index in [1.165, 1.54) is 0 Å². The molecule has 4 rings (SSSR count). The van der Waals surface area contributed by atoms with Crippen molar-refractivity contribution in [1.82, 2.24) is 0 Å². The maximum absolute atomic E-state index is 12.5. The molecule has 25 heavy (non-hydrogen) atoms. The SMILES string of the molecule is O=C(O)Cc1c(-c2ccc(Cl)cc2)oc2c1c(=O)oc1ccccc12. The van der Waals surface area contributed by atoms with Crippen LogP contribution in [-0.2, 0) is 11.2 Å². The highest BCUT2D eigenvalue weighted by Gasteiger charge is 2.23. The molecule has 0 aliphatic heterocycles. The average molecular weight is 355 g/mol. The van der Waals surface area contributed by atoms with Gasteiger partial charge >= 0.3 is 11.6 Å². The number of fused-ring (bicyclic) bond motifs is 3. The van der Waals surface area contributed by atoms with Gasteiger partial charge in [0.05, 0.1) is 11.8 Å². The molecule has 2 heterocycles. The number of aliphatic carboxylic acids is 1. The van der Waals surface area contributed by atoms with Crippen LogP contribution in [0.3, 0.4) is 0 Å². The van der Waals surface area contributed by atoms with E-state index in [0.717, 1.165) is 0 Å². The van der Waals surface area contributed by atoms with Gasteiger partial charge in [0.25, 0.3) is 0 Å². The van der Waals surface area contributed by atoms with Crippen molar-refractivity contribution in [3.8, 4) is 11.3 Å². The number of hydrogen-bond donors (Lipinski definition) is 1. The van der Waals surface area contributed by atoms with Crippen molar-refractivity contribution < 1.29 is 18.7 Å². The summed E-state index contributed by atoms with van der Waals surface area (Å²) >= 11 is 5.92. The van der Waals surface area contributed by atoms with E-state index in [0.29, 0.717) is 38.5 Å². The lowest BCUT2D eigenvalue weighted by Gasteiger charge is -2.01. The van der Waals surface area contributed by atoms with E-state index in [1.807, 2.05) is 0 Å². The van der Waals surface area contributed by atoms with Crippen molar-refractivity contribution in [2.45, 2.75) is 6.42 Å². The summed E-state index contributed by atoms with van der Waals surface area (Å²) in [4.78, 5) is 23.8. The molecule has 0 saturated carbocycles. The Balaban J connectivity index is 2.13. The van der Waals surface area contributed by atoms with E-state index >= 15 is 0 Å². The first-order chi connectivity index (χ1) is 12.0. The Bertz CT molecular complexity index is 1170. The molecule has 2 aromatic carbocycles. The second-order valence-corrected chi connectivity index (χ2v) is 6.01. The Morgan fingerprint density at radius 1 is 1.04 bits per heavy atom. The largest absolute Gasteiger partial charge is 0.481 e. The first-order valence-corrected chi connectivity index (χ1v) is 7.87. The fraction of sp³-hybridized carbons (Fsp3) is 0.0526. The molecule has 0 aliphatic carbocycles. The fourth-order valence-electron chi connectivity index (χ4n) is 2.92. The molecule has 0 bridgehead atoms. The second kappa shape index (κ2) is 5.79. The Labute approximate surface area is 146 Å². The van der Waals surface area contributed by atoms with Gasteiger partial charge in [-0.05, 0) is 36.4 Å². The number of hydrogen-bond acceptors (Lipinski definition) is 4. The molecule has 1 N–H and O–H groups in total. The van der Waals surface area contributed by atoms with E-state index in [9.17, 15) is 14.7 Å². The number of para-hydroxylation sites is 1. The smallest absolute Gasteiger partial charge is 0.347 e. The number of furan rings is 1. The van der Waals surface area contributed by atoms with Crippen molar-refractivity contribution in [3.63, 3.8) is 0 Å². The fourth-order valence-corrected chi connectivity index (χ4v) is 3.05. The molecule has 0 radical (unpaired) electrons. The summed E-state index contributed by atoms with van der Waals surface area (Å²) < 4.78 is 11.3. The summed E-state index contributed by atoms with van der Waals surface area (Å²) in [7, 11) is 0. The summed E-state index contributed by atoms with van der Waals surface area (Å²) in [5, 5.41) is 10.6. The van der Waals surface area contributed by atoms with Gasteiger partial charge in [0.15, 0.2) is 5.58 Å². The number of halogens is 1. The first kappa shape index (κ1) is 15.5. The maximum Gasteiger partial charge on any atom is 0.347 e. The Morgan fingerprint density at radius 2 is 1.76 bits per heavy atom. The molecule has 0 atom stereocenters. The van der Waals surface area contributed by atoms with Crippen LogP contribution in [0.25, 0.3) is 33.3 Å². The van der Waals surface area contributed by atoms with Crippen LogP contribution < -0.4 is 5.63 Å². The van der Waals surface area contributed by atoms with Gasteiger partial charge in [-0.1, -0.05) is 23.7 Å². The van der Waals surface area contributed by atoms with Crippen LogP contribution in [0.5, 0.6) is 0 Å². The lowest BCUT2D eigenvalue weighted by molar-refractivity contribution is -0.136. The lowest BCUT2D eigenvalue weighted by Crippen LogP contribution is -2.06. The van der Waals surface area contributed by atoms with E-state index in [1.54, 1.807) is 48.5 Å². The van der Waals surface area contributed by atoms with E-state index in [2.05, 4.69) is 0 Å². The second-order valence-electron chi connectivity index (χ2n) is 5.58. The Hall–Kier alpha value is -3.05. The zero-order valence-corrected chi connectivity index (χ0v) is 13.5. The Kier molecular flexibility index (Phi) is 3.58. The lowest BCUT2D eigenvalue weighted by atomic mass is 10.0. The van der Waals surface area contributed by atoms with Crippen LogP contribution in [-0.4, -0.2) is 11.1 Å². The van der Waals surface area contributed by atoms with Crippen LogP contribution in [0, 0.1) is 0 Å². The van der Waals surface area contributed by atoms with Crippen molar-refractivity contribution in [3.05, 3.63) is 69.5 Å². The minimum absolute atomic E-state index is 0.158. The van der Waals surface area contributed by atoms with E-state index in [4.69, 9.17) is 20.4 Å². The highest BCUT2D eigenvalue weighted by Crippen LogP contribution is 2.36. The van der Waals surface area contributed by atoms with Crippen LogP contribution in [0.1, 0.15) is 5.56 Å². The number of carboxylic acid groups (broad SMARTS) is 1. The molecule has 0 fully saturated rings.